The Bertz CT molecular complexity index is 804. The molecule has 2 aliphatic rings. The van der Waals surface area contributed by atoms with Gasteiger partial charge in [-0.3, -0.25) is 0 Å². The second-order valence-electron chi connectivity index (χ2n) is 8.23. The molecule has 0 amide bonds. The molecular weight excluding hydrogens is 503 g/mol. The van der Waals surface area contributed by atoms with Gasteiger partial charge in [0.1, 0.15) is 0 Å². The Labute approximate surface area is 202 Å². The van der Waals surface area contributed by atoms with Crippen LogP contribution in [0.3, 0.4) is 0 Å². The van der Waals surface area contributed by atoms with E-state index in [0.717, 1.165) is 58.3 Å². The number of likely N-dealkylation sites (tertiary alicyclic amines) is 1. The van der Waals surface area contributed by atoms with Gasteiger partial charge in [0.25, 0.3) is 0 Å². The lowest BCUT2D eigenvalue weighted by Gasteiger charge is -2.39. The highest BCUT2D eigenvalue weighted by Gasteiger charge is 2.28. The molecule has 2 saturated heterocycles. The van der Waals surface area contributed by atoms with Crippen LogP contribution in [-0.4, -0.2) is 66.3 Å². The molecule has 0 radical (unpaired) electrons. The van der Waals surface area contributed by atoms with Crippen LogP contribution in [0.15, 0.2) is 48.0 Å². The second-order valence-corrected chi connectivity index (χ2v) is 8.23. The Morgan fingerprint density at radius 3 is 2.65 bits per heavy atom. The van der Waals surface area contributed by atoms with E-state index in [0.29, 0.717) is 18.5 Å². The summed E-state index contributed by atoms with van der Waals surface area (Å²) < 4.78 is 7.69. The molecule has 2 unspecified atom stereocenters. The first kappa shape index (κ1) is 23.8. The van der Waals surface area contributed by atoms with Crippen molar-refractivity contribution in [3.05, 3.63) is 48.5 Å². The molecule has 2 aliphatic heterocycles. The van der Waals surface area contributed by atoms with E-state index in [1.165, 1.54) is 11.3 Å². The Morgan fingerprint density at radius 2 is 1.97 bits per heavy atom. The van der Waals surface area contributed by atoms with Gasteiger partial charge in [-0.15, -0.1) is 24.0 Å². The van der Waals surface area contributed by atoms with E-state index >= 15 is 0 Å². The maximum absolute atomic E-state index is 5.45. The molecule has 1 aromatic heterocycles. The smallest absolute Gasteiger partial charge is 0.194 e. The number of aliphatic imine (C=N–C) groups is 1. The average Bonchev–Trinajstić information content (AvgIpc) is 3.33. The largest absolute Gasteiger partial charge is 0.378 e. The standard InChI is InChI=1S/C23H34N6O.HI/c1-3-25-23(28-10-8-19(2)22(17-28)29-11-9-24-18-29)26-16-20-4-6-21(7-5-20)27-12-14-30-15-13-27;/h4-7,9,11,18-19,22H,3,8,10,12-17H2,1-2H3,(H,25,26);1H. The third kappa shape index (κ3) is 6.12. The summed E-state index contributed by atoms with van der Waals surface area (Å²) in [6.45, 7) is 11.6. The zero-order chi connectivity index (χ0) is 20.8. The van der Waals surface area contributed by atoms with Crippen LogP contribution in [0, 0.1) is 5.92 Å². The summed E-state index contributed by atoms with van der Waals surface area (Å²) in [5.74, 6) is 1.64. The van der Waals surface area contributed by atoms with Gasteiger partial charge in [0.15, 0.2) is 5.96 Å². The summed E-state index contributed by atoms with van der Waals surface area (Å²) in [5.41, 5.74) is 2.50. The van der Waals surface area contributed by atoms with Gasteiger partial charge in [0.2, 0.25) is 0 Å². The molecule has 8 heteroatoms. The SMILES string of the molecule is CCNC(=NCc1ccc(N2CCOCC2)cc1)N1CCC(C)C(n2ccnc2)C1.I. The van der Waals surface area contributed by atoms with Gasteiger partial charge in [-0.05, 0) is 37.0 Å². The quantitative estimate of drug-likeness (QED) is 0.360. The average molecular weight is 538 g/mol. The third-order valence-electron chi connectivity index (χ3n) is 6.18. The summed E-state index contributed by atoms with van der Waals surface area (Å²) in [7, 11) is 0. The maximum Gasteiger partial charge on any atom is 0.194 e. The molecule has 0 bridgehead atoms. The predicted molar refractivity (Wildman–Crippen MR) is 136 cm³/mol. The molecule has 31 heavy (non-hydrogen) atoms. The number of nitrogens with one attached hydrogen (secondary N) is 1. The number of hydrogen-bond acceptors (Lipinski definition) is 4. The molecule has 2 atom stereocenters. The van der Waals surface area contributed by atoms with Crippen LogP contribution in [0.25, 0.3) is 0 Å². The van der Waals surface area contributed by atoms with Crippen LogP contribution in [-0.2, 0) is 11.3 Å². The van der Waals surface area contributed by atoms with Crippen LogP contribution in [0.1, 0.15) is 31.9 Å². The van der Waals surface area contributed by atoms with Gasteiger partial charge in [0.05, 0.1) is 32.1 Å². The lowest BCUT2D eigenvalue weighted by atomic mass is 9.93. The highest BCUT2D eigenvalue weighted by molar-refractivity contribution is 14.0. The number of ether oxygens (including phenoxy) is 1. The molecule has 4 rings (SSSR count). The van der Waals surface area contributed by atoms with E-state index in [2.05, 4.69) is 69.0 Å². The zero-order valence-electron chi connectivity index (χ0n) is 18.6. The molecule has 2 fully saturated rings. The van der Waals surface area contributed by atoms with Gasteiger partial charge >= 0.3 is 0 Å². The monoisotopic (exact) mass is 538 g/mol. The molecule has 0 aliphatic carbocycles. The number of aromatic nitrogens is 2. The second kappa shape index (κ2) is 11.7. The Kier molecular flexibility index (Phi) is 9.01. The van der Waals surface area contributed by atoms with Crippen LogP contribution in [0.5, 0.6) is 0 Å². The number of nitrogens with zero attached hydrogens (tertiary/aromatic N) is 5. The van der Waals surface area contributed by atoms with Gasteiger partial charge in [-0.2, -0.15) is 0 Å². The number of rotatable bonds is 5. The van der Waals surface area contributed by atoms with Crippen molar-refractivity contribution in [2.75, 3.05) is 50.8 Å². The molecule has 7 nitrogen and oxygen atoms in total. The van der Waals surface area contributed by atoms with E-state index in [9.17, 15) is 0 Å². The van der Waals surface area contributed by atoms with Crippen molar-refractivity contribution in [3.8, 4) is 0 Å². The minimum atomic E-state index is 0. The van der Waals surface area contributed by atoms with E-state index in [-0.39, 0.29) is 24.0 Å². The van der Waals surface area contributed by atoms with E-state index in [1.54, 1.807) is 0 Å². The highest BCUT2D eigenvalue weighted by Crippen LogP contribution is 2.27. The number of morpholine rings is 1. The molecule has 0 saturated carbocycles. The first-order valence-corrected chi connectivity index (χ1v) is 11.2. The van der Waals surface area contributed by atoms with Crippen molar-refractivity contribution in [1.82, 2.24) is 19.8 Å². The van der Waals surface area contributed by atoms with Crippen molar-refractivity contribution in [3.63, 3.8) is 0 Å². The van der Waals surface area contributed by atoms with E-state index < -0.39 is 0 Å². The summed E-state index contributed by atoms with van der Waals surface area (Å²) in [6.07, 6.45) is 7.03. The van der Waals surface area contributed by atoms with Crippen LogP contribution in [0.2, 0.25) is 0 Å². The Hall–Kier alpha value is -1.81. The van der Waals surface area contributed by atoms with Crippen molar-refractivity contribution < 1.29 is 4.74 Å². The lowest BCUT2D eigenvalue weighted by Crippen LogP contribution is -2.49. The number of hydrogen-bond donors (Lipinski definition) is 1. The fourth-order valence-corrected chi connectivity index (χ4v) is 4.32. The fraction of sp³-hybridized carbons (Fsp3) is 0.565. The summed E-state index contributed by atoms with van der Waals surface area (Å²) in [4.78, 5) is 14.0. The first-order valence-electron chi connectivity index (χ1n) is 11.2. The van der Waals surface area contributed by atoms with Crippen LogP contribution >= 0.6 is 24.0 Å². The van der Waals surface area contributed by atoms with E-state index in [1.807, 2.05) is 12.5 Å². The fourth-order valence-electron chi connectivity index (χ4n) is 4.32. The topological polar surface area (TPSA) is 57.9 Å². The zero-order valence-corrected chi connectivity index (χ0v) is 20.9. The number of guanidine groups is 1. The molecule has 1 N–H and O–H groups in total. The number of piperidine rings is 1. The van der Waals surface area contributed by atoms with Crippen molar-refractivity contribution in [1.29, 1.82) is 0 Å². The summed E-state index contributed by atoms with van der Waals surface area (Å²) >= 11 is 0. The molecular formula is C23H35IN6O. The van der Waals surface area contributed by atoms with Crippen LogP contribution in [0.4, 0.5) is 5.69 Å². The van der Waals surface area contributed by atoms with Crippen LogP contribution < -0.4 is 10.2 Å². The Morgan fingerprint density at radius 1 is 1.19 bits per heavy atom. The lowest BCUT2D eigenvalue weighted by molar-refractivity contribution is 0.122. The molecule has 2 aromatic rings. The molecule has 0 spiro atoms. The number of anilines is 1. The maximum atomic E-state index is 5.45. The number of benzene rings is 1. The van der Waals surface area contributed by atoms with Gasteiger partial charge < -0.3 is 24.4 Å². The third-order valence-corrected chi connectivity index (χ3v) is 6.18. The summed E-state index contributed by atoms with van der Waals surface area (Å²) in [6, 6.07) is 9.24. The number of halogens is 1. The Balaban J connectivity index is 0.00000272. The van der Waals surface area contributed by atoms with Gasteiger partial charge in [-0.25, -0.2) is 9.98 Å². The minimum Gasteiger partial charge on any atom is -0.378 e. The van der Waals surface area contributed by atoms with Gasteiger partial charge in [0, 0.05) is 50.8 Å². The van der Waals surface area contributed by atoms with Gasteiger partial charge in [-0.1, -0.05) is 19.1 Å². The van der Waals surface area contributed by atoms with Crippen molar-refractivity contribution in [2.24, 2.45) is 10.9 Å². The number of imidazole rings is 1. The molecule has 170 valence electrons. The molecule has 1 aromatic carbocycles. The van der Waals surface area contributed by atoms with Crippen molar-refractivity contribution in [2.45, 2.75) is 32.9 Å². The normalized spacial score (nSPS) is 22.2. The highest BCUT2D eigenvalue weighted by atomic mass is 127. The predicted octanol–water partition coefficient (Wildman–Crippen LogP) is 3.39. The minimum absolute atomic E-state index is 0. The van der Waals surface area contributed by atoms with E-state index in [4.69, 9.17) is 9.73 Å². The summed E-state index contributed by atoms with van der Waals surface area (Å²) in [5, 5.41) is 3.50. The van der Waals surface area contributed by atoms with Crippen molar-refractivity contribution >= 4 is 35.6 Å². The first-order chi connectivity index (χ1) is 14.7. The molecule has 3 heterocycles.